The van der Waals surface area contributed by atoms with Gasteiger partial charge in [-0.3, -0.25) is 4.90 Å². The first-order valence-electron chi connectivity index (χ1n) is 7.36. The van der Waals surface area contributed by atoms with Gasteiger partial charge in [0.15, 0.2) is 0 Å². The fourth-order valence-corrected chi connectivity index (χ4v) is 3.24. The number of carbonyl (C=O) groups is 2. The third-order valence-corrected chi connectivity index (χ3v) is 4.44. The Kier molecular flexibility index (Phi) is 3.57. The normalized spacial score (nSPS) is 25.0. The molecule has 1 aromatic carbocycles. The van der Waals surface area contributed by atoms with Crippen molar-refractivity contribution in [2.24, 2.45) is 5.92 Å². The van der Waals surface area contributed by atoms with Crippen LogP contribution in [0.2, 0.25) is 0 Å². The van der Waals surface area contributed by atoms with Crippen LogP contribution in [-0.2, 0) is 11.2 Å². The van der Waals surface area contributed by atoms with Crippen molar-refractivity contribution in [2.75, 3.05) is 6.54 Å². The highest BCUT2D eigenvalue weighted by Gasteiger charge is 2.39. The van der Waals surface area contributed by atoms with Gasteiger partial charge in [-0.2, -0.15) is 0 Å². The Balaban J connectivity index is 1.69. The molecule has 1 aliphatic carbocycles. The van der Waals surface area contributed by atoms with Gasteiger partial charge in [-0.05, 0) is 48.6 Å². The molecular weight excluding hydrogens is 270 g/mol. The molecule has 1 heterocycles. The maximum atomic E-state index is 11.2. The second-order valence-electron chi connectivity index (χ2n) is 6.11. The minimum atomic E-state index is -1.14. The summed E-state index contributed by atoms with van der Waals surface area (Å²) in [6.45, 7) is 0.306. The molecule has 5 nitrogen and oxygen atoms in total. The molecule has 112 valence electrons. The van der Waals surface area contributed by atoms with Crippen LogP contribution in [0.5, 0.6) is 0 Å². The van der Waals surface area contributed by atoms with E-state index < -0.39 is 18.1 Å². The van der Waals surface area contributed by atoms with Crippen molar-refractivity contribution in [3.8, 4) is 0 Å². The fourth-order valence-electron chi connectivity index (χ4n) is 3.24. The third kappa shape index (κ3) is 3.01. The number of benzene rings is 1. The summed E-state index contributed by atoms with van der Waals surface area (Å²) in [5.41, 5.74) is 2.54. The molecule has 1 saturated heterocycles. The van der Waals surface area contributed by atoms with Crippen molar-refractivity contribution >= 4 is 12.1 Å². The summed E-state index contributed by atoms with van der Waals surface area (Å²) in [6.07, 6.45) is 2.50. The summed E-state index contributed by atoms with van der Waals surface area (Å²) in [5.74, 6) is -0.279. The first-order chi connectivity index (χ1) is 10.0. The number of hydrogen-bond donors (Lipinski definition) is 2. The fraction of sp³-hybridized carbons (Fsp3) is 0.500. The van der Waals surface area contributed by atoms with Crippen LogP contribution in [0.15, 0.2) is 24.3 Å². The summed E-state index contributed by atoms with van der Waals surface area (Å²) >= 11 is 0. The highest BCUT2D eigenvalue weighted by Crippen LogP contribution is 2.40. The molecule has 0 spiro atoms. The smallest absolute Gasteiger partial charge is 0.408 e. The molecule has 1 amide bonds. The maximum Gasteiger partial charge on any atom is 0.408 e. The molecule has 0 bridgehead atoms. The van der Waals surface area contributed by atoms with E-state index in [1.165, 1.54) is 24.0 Å². The first-order valence-corrected chi connectivity index (χ1v) is 7.36. The SMILES string of the molecule is O=C(O)C1CC(Cc2cccc(C3CC3)c2)CN1C(=O)O. The standard InChI is InChI=1S/C16H19NO4/c18-15(19)14-8-11(9-17(14)16(20)21)6-10-2-1-3-13(7-10)12-4-5-12/h1-3,7,11-12,14H,4-6,8-9H2,(H,18,19)(H,20,21). The Hall–Kier alpha value is -2.04. The molecule has 1 saturated carbocycles. The van der Waals surface area contributed by atoms with Gasteiger partial charge >= 0.3 is 12.1 Å². The topological polar surface area (TPSA) is 77.8 Å². The summed E-state index contributed by atoms with van der Waals surface area (Å²) in [6, 6.07) is 7.52. The Morgan fingerprint density at radius 3 is 2.57 bits per heavy atom. The van der Waals surface area contributed by atoms with Gasteiger partial charge in [0.05, 0.1) is 0 Å². The van der Waals surface area contributed by atoms with Gasteiger partial charge in [0, 0.05) is 6.54 Å². The molecule has 2 fully saturated rings. The van der Waals surface area contributed by atoms with Gasteiger partial charge in [-0.15, -0.1) is 0 Å². The number of amides is 1. The van der Waals surface area contributed by atoms with Gasteiger partial charge in [-0.25, -0.2) is 9.59 Å². The molecule has 2 N–H and O–H groups in total. The number of carboxylic acid groups (broad SMARTS) is 2. The zero-order chi connectivity index (χ0) is 15.0. The lowest BCUT2D eigenvalue weighted by molar-refractivity contribution is -0.141. The van der Waals surface area contributed by atoms with Crippen LogP contribution in [-0.4, -0.2) is 39.8 Å². The van der Waals surface area contributed by atoms with E-state index in [-0.39, 0.29) is 5.92 Å². The number of aliphatic carboxylic acids is 1. The lowest BCUT2D eigenvalue weighted by Gasteiger charge is -2.16. The maximum absolute atomic E-state index is 11.2. The average Bonchev–Trinajstić information content (AvgIpc) is 3.20. The Bertz CT molecular complexity index is 545. The van der Waals surface area contributed by atoms with Crippen LogP contribution in [0.25, 0.3) is 0 Å². The van der Waals surface area contributed by atoms with Crippen LogP contribution in [0.3, 0.4) is 0 Å². The Morgan fingerprint density at radius 1 is 1.24 bits per heavy atom. The van der Waals surface area contributed by atoms with Crippen LogP contribution in [0.4, 0.5) is 4.79 Å². The van der Waals surface area contributed by atoms with Crippen LogP contribution < -0.4 is 0 Å². The summed E-state index contributed by atoms with van der Waals surface area (Å²) in [7, 11) is 0. The number of rotatable bonds is 4. The van der Waals surface area contributed by atoms with E-state index in [1.807, 2.05) is 12.1 Å². The van der Waals surface area contributed by atoms with Crippen LogP contribution in [0.1, 0.15) is 36.3 Å². The molecule has 5 heteroatoms. The van der Waals surface area contributed by atoms with E-state index in [9.17, 15) is 9.59 Å². The number of nitrogens with zero attached hydrogens (tertiary/aromatic N) is 1. The first kappa shape index (κ1) is 13.9. The monoisotopic (exact) mass is 289 g/mol. The highest BCUT2D eigenvalue weighted by atomic mass is 16.4. The number of carboxylic acids is 1. The Labute approximate surface area is 123 Å². The quantitative estimate of drug-likeness (QED) is 0.893. The molecule has 3 rings (SSSR count). The largest absolute Gasteiger partial charge is 0.480 e. The predicted molar refractivity (Wildman–Crippen MR) is 76.4 cm³/mol. The zero-order valence-electron chi connectivity index (χ0n) is 11.7. The molecule has 21 heavy (non-hydrogen) atoms. The number of hydrogen-bond acceptors (Lipinski definition) is 2. The average molecular weight is 289 g/mol. The zero-order valence-corrected chi connectivity index (χ0v) is 11.7. The molecular formula is C16H19NO4. The lowest BCUT2D eigenvalue weighted by Crippen LogP contribution is -2.39. The molecule has 1 aliphatic heterocycles. The van der Waals surface area contributed by atoms with E-state index in [2.05, 4.69) is 12.1 Å². The van der Waals surface area contributed by atoms with Gasteiger partial charge in [0.25, 0.3) is 0 Å². The number of likely N-dealkylation sites (tertiary alicyclic amines) is 1. The van der Waals surface area contributed by atoms with Crippen molar-refractivity contribution in [2.45, 2.75) is 37.6 Å². The van der Waals surface area contributed by atoms with Crippen molar-refractivity contribution in [1.29, 1.82) is 0 Å². The second kappa shape index (κ2) is 5.39. The van der Waals surface area contributed by atoms with Gasteiger partial charge < -0.3 is 10.2 Å². The van der Waals surface area contributed by atoms with Crippen LogP contribution in [0, 0.1) is 5.92 Å². The third-order valence-electron chi connectivity index (χ3n) is 4.44. The van der Waals surface area contributed by atoms with E-state index in [1.54, 1.807) is 0 Å². The van der Waals surface area contributed by atoms with Crippen molar-refractivity contribution in [3.05, 3.63) is 35.4 Å². The molecule has 1 aromatic rings. The molecule has 0 aromatic heterocycles. The molecule has 2 aliphatic rings. The van der Waals surface area contributed by atoms with Crippen molar-refractivity contribution in [3.63, 3.8) is 0 Å². The minimum Gasteiger partial charge on any atom is -0.480 e. The van der Waals surface area contributed by atoms with Gasteiger partial charge in [0.2, 0.25) is 0 Å². The van der Waals surface area contributed by atoms with Gasteiger partial charge in [-0.1, -0.05) is 24.3 Å². The predicted octanol–water partition coefficient (Wildman–Crippen LogP) is 2.56. The minimum absolute atomic E-state index is 0.0802. The molecule has 2 unspecified atom stereocenters. The Morgan fingerprint density at radius 2 is 2.00 bits per heavy atom. The van der Waals surface area contributed by atoms with Crippen molar-refractivity contribution in [1.82, 2.24) is 4.90 Å². The molecule has 2 atom stereocenters. The van der Waals surface area contributed by atoms with Crippen molar-refractivity contribution < 1.29 is 19.8 Å². The van der Waals surface area contributed by atoms with Gasteiger partial charge in [0.1, 0.15) is 6.04 Å². The summed E-state index contributed by atoms with van der Waals surface area (Å²) < 4.78 is 0. The second-order valence-corrected chi connectivity index (χ2v) is 6.11. The van der Waals surface area contributed by atoms with E-state index >= 15 is 0 Å². The van der Waals surface area contributed by atoms with E-state index in [4.69, 9.17) is 10.2 Å². The summed E-state index contributed by atoms with van der Waals surface area (Å²) in [4.78, 5) is 23.3. The molecule has 0 radical (unpaired) electrons. The lowest BCUT2D eigenvalue weighted by atomic mass is 9.95. The van der Waals surface area contributed by atoms with E-state index in [0.717, 1.165) is 11.3 Å². The van der Waals surface area contributed by atoms with E-state index in [0.29, 0.717) is 18.9 Å². The summed E-state index contributed by atoms with van der Waals surface area (Å²) in [5, 5.41) is 18.2. The van der Waals surface area contributed by atoms with Crippen LogP contribution >= 0.6 is 0 Å². The highest BCUT2D eigenvalue weighted by molar-refractivity contribution is 5.80.